The predicted octanol–water partition coefficient (Wildman–Crippen LogP) is 3.50. The quantitative estimate of drug-likeness (QED) is 0.929. The zero-order valence-corrected chi connectivity index (χ0v) is 10.7. The molecule has 0 radical (unpaired) electrons. The third kappa shape index (κ3) is 2.74. The molecule has 1 aromatic carbocycles. The van der Waals surface area contributed by atoms with Crippen LogP contribution in [0.25, 0.3) is 0 Å². The molecule has 0 amide bonds. The van der Waals surface area contributed by atoms with Crippen LogP contribution in [0, 0.1) is 0 Å². The van der Waals surface area contributed by atoms with Crippen LogP contribution in [-0.2, 0) is 13.0 Å². The molecule has 84 valence electrons. The van der Waals surface area contributed by atoms with Gasteiger partial charge in [-0.3, -0.25) is 0 Å². The van der Waals surface area contributed by atoms with E-state index in [1.54, 1.807) is 17.4 Å². The van der Waals surface area contributed by atoms with Gasteiger partial charge in [-0.05, 0) is 17.7 Å². The zero-order chi connectivity index (χ0) is 11.5. The minimum absolute atomic E-state index is 0.484. The fraction of sp³-hybridized carbons (Fsp3) is 0.182. The molecule has 0 atom stereocenters. The largest absolute Gasteiger partial charge is 0.325 e. The van der Waals surface area contributed by atoms with Gasteiger partial charge in [0.1, 0.15) is 0 Å². The molecule has 2 aromatic rings. The van der Waals surface area contributed by atoms with Crippen LogP contribution in [-0.4, -0.2) is 4.98 Å². The summed E-state index contributed by atoms with van der Waals surface area (Å²) in [5.74, 6) is 0. The van der Waals surface area contributed by atoms with Crippen LogP contribution >= 0.6 is 34.5 Å². The van der Waals surface area contributed by atoms with Gasteiger partial charge in [0.25, 0.3) is 0 Å². The summed E-state index contributed by atoms with van der Waals surface area (Å²) in [6.07, 6.45) is 0.765. The van der Waals surface area contributed by atoms with Crippen molar-refractivity contribution >= 4 is 34.5 Å². The number of thiazole rings is 1. The SMILES string of the molecule is NCc1csc(Cc2ccc(Cl)c(Cl)c2)n1. The summed E-state index contributed by atoms with van der Waals surface area (Å²) >= 11 is 13.4. The van der Waals surface area contributed by atoms with Crippen molar-refractivity contribution in [1.82, 2.24) is 4.98 Å². The van der Waals surface area contributed by atoms with Gasteiger partial charge in [0.2, 0.25) is 0 Å². The van der Waals surface area contributed by atoms with Crippen LogP contribution in [0.5, 0.6) is 0 Å². The molecule has 2 nitrogen and oxygen atoms in total. The highest BCUT2D eigenvalue weighted by Crippen LogP contribution is 2.24. The van der Waals surface area contributed by atoms with E-state index >= 15 is 0 Å². The Hall–Kier alpha value is -0.610. The molecular weight excluding hydrogens is 263 g/mol. The maximum atomic E-state index is 5.94. The number of rotatable bonds is 3. The van der Waals surface area contributed by atoms with Crippen molar-refractivity contribution in [2.45, 2.75) is 13.0 Å². The van der Waals surface area contributed by atoms with Gasteiger partial charge < -0.3 is 5.73 Å². The van der Waals surface area contributed by atoms with E-state index in [-0.39, 0.29) is 0 Å². The molecule has 0 fully saturated rings. The molecule has 5 heteroatoms. The Morgan fingerprint density at radius 2 is 2.06 bits per heavy atom. The third-order valence-electron chi connectivity index (χ3n) is 2.15. The fourth-order valence-electron chi connectivity index (χ4n) is 1.35. The molecule has 0 bridgehead atoms. The molecule has 0 spiro atoms. The Bertz CT molecular complexity index is 496. The van der Waals surface area contributed by atoms with E-state index in [2.05, 4.69) is 4.98 Å². The van der Waals surface area contributed by atoms with E-state index in [9.17, 15) is 0 Å². The van der Waals surface area contributed by atoms with Crippen LogP contribution < -0.4 is 5.73 Å². The van der Waals surface area contributed by atoms with Crippen LogP contribution in [0.15, 0.2) is 23.6 Å². The predicted molar refractivity (Wildman–Crippen MR) is 69.3 cm³/mol. The Morgan fingerprint density at radius 3 is 2.69 bits per heavy atom. The van der Waals surface area contributed by atoms with E-state index in [0.717, 1.165) is 22.7 Å². The van der Waals surface area contributed by atoms with Crippen molar-refractivity contribution in [3.63, 3.8) is 0 Å². The van der Waals surface area contributed by atoms with Crippen LogP contribution in [0.2, 0.25) is 10.0 Å². The summed E-state index contributed by atoms with van der Waals surface area (Å²) in [5, 5.41) is 4.17. The Morgan fingerprint density at radius 1 is 1.25 bits per heavy atom. The lowest BCUT2D eigenvalue weighted by Crippen LogP contribution is -1.96. The molecule has 0 unspecified atom stereocenters. The Kier molecular flexibility index (Phi) is 3.82. The van der Waals surface area contributed by atoms with E-state index in [4.69, 9.17) is 28.9 Å². The molecule has 0 aliphatic heterocycles. The second kappa shape index (κ2) is 5.15. The van der Waals surface area contributed by atoms with Crippen molar-refractivity contribution in [3.8, 4) is 0 Å². The van der Waals surface area contributed by atoms with Crippen molar-refractivity contribution in [3.05, 3.63) is 49.9 Å². The second-order valence-corrected chi connectivity index (χ2v) is 5.12. The first kappa shape index (κ1) is 11.9. The van der Waals surface area contributed by atoms with E-state index in [0.29, 0.717) is 16.6 Å². The fourth-order valence-corrected chi connectivity index (χ4v) is 2.51. The van der Waals surface area contributed by atoms with E-state index < -0.39 is 0 Å². The first-order chi connectivity index (χ1) is 7.69. The lowest BCUT2D eigenvalue weighted by atomic mass is 10.2. The maximum absolute atomic E-state index is 5.94. The maximum Gasteiger partial charge on any atom is 0.0972 e. The molecule has 1 aromatic heterocycles. The average molecular weight is 273 g/mol. The molecule has 0 aliphatic carbocycles. The van der Waals surface area contributed by atoms with Gasteiger partial charge in [-0.15, -0.1) is 11.3 Å². The Labute approximate surface area is 108 Å². The molecular formula is C11H10Cl2N2S. The lowest BCUT2D eigenvalue weighted by molar-refractivity contribution is 0.982. The normalized spacial score (nSPS) is 10.7. The minimum Gasteiger partial charge on any atom is -0.325 e. The van der Waals surface area contributed by atoms with Crippen LogP contribution in [0.1, 0.15) is 16.3 Å². The van der Waals surface area contributed by atoms with Crippen molar-refractivity contribution in [2.75, 3.05) is 0 Å². The van der Waals surface area contributed by atoms with Crippen molar-refractivity contribution in [1.29, 1.82) is 0 Å². The topological polar surface area (TPSA) is 38.9 Å². The first-order valence-corrected chi connectivity index (χ1v) is 6.40. The average Bonchev–Trinajstić information content (AvgIpc) is 2.71. The highest BCUT2D eigenvalue weighted by atomic mass is 35.5. The molecule has 2 rings (SSSR count). The molecule has 16 heavy (non-hydrogen) atoms. The first-order valence-electron chi connectivity index (χ1n) is 4.76. The summed E-state index contributed by atoms with van der Waals surface area (Å²) in [7, 11) is 0. The minimum atomic E-state index is 0.484. The highest BCUT2D eigenvalue weighted by Gasteiger charge is 2.04. The molecule has 0 saturated heterocycles. The number of hydrogen-bond acceptors (Lipinski definition) is 3. The number of halogens is 2. The van der Waals surface area contributed by atoms with E-state index in [1.165, 1.54) is 0 Å². The summed E-state index contributed by atoms with van der Waals surface area (Å²) < 4.78 is 0. The van der Waals surface area contributed by atoms with E-state index in [1.807, 2.05) is 17.5 Å². The summed E-state index contributed by atoms with van der Waals surface area (Å²) in [6, 6.07) is 5.63. The number of hydrogen-bond donors (Lipinski definition) is 1. The third-order valence-corrected chi connectivity index (χ3v) is 3.78. The van der Waals surface area contributed by atoms with Crippen molar-refractivity contribution < 1.29 is 0 Å². The van der Waals surface area contributed by atoms with Gasteiger partial charge in [-0.2, -0.15) is 0 Å². The summed E-state index contributed by atoms with van der Waals surface area (Å²) in [5.41, 5.74) is 7.54. The molecule has 0 saturated carbocycles. The van der Waals surface area contributed by atoms with Gasteiger partial charge in [0, 0.05) is 18.3 Å². The van der Waals surface area contributed by atoms with Gasteiger partial charge in [-0.25, -0.2) is 4.98 Å². The van der Waals surface area contributed by atoms with Gasteiger partial charge in [-0.1, -0.05) is 29.3 Å². The zero-order valence-electron chi connectivity index (χ0n) is 8.41. The van der Waals surface area contributed by atoms with Gasteiger partial charge in [0.15, 0.2) is 0 Å². The van der Waals surface area contributed by atoms with Gasteiger partial charge >= 0.3 is 0 Å². The second-order valence-electron chi connectivity index (χ2n) is 3.36. The van der Waals surface area contributed by atoms with Crippen LogP contribution in [0.4, 0.5) is 0 Å². The standard InChI is InChI=1S/C11H10Cl2N2S/c12-9-2-1-7(3-10(9)13)4-11-15-8(5-14)6-16-11/h1-3,6H,4-5,14H2. The number of nitrogens with two attached hydrogens (primary N) is 1. The molecule has 2 N–H and O–H groups in total. The number of nitrogens with zero attached hydrogens (tertiary/aromatic N) is 1. The van der Waals surface area contributed by atoms with Crippen LogP contribution in [0.3, 0.4) is 0 Å². The molecule has 1 heterocycles. The summed E-state index contributed by atoms with van der Waals surface area (Å²) in [4.78, 5) is 4.39. The monoisotopic (exact) mass is 272 g/mol. The highest BCUT2D eigenvalue weighted by molar-refractivity contribution is 7.09. The Balaban J connectivity index is 2.17. The molecule has 0 aliphatic rings. The summed E-state index contributed by atoms with van der Waals surface area (Å²) in [6.45, 7) is 0.484. The number of benzene rings is 1. The van der Waals surface area contributed by atoms with Gasteiger partial charge in [0.05, 0.1) is 20.7 Å². The number of aromatic nitrogens is 1. The van der Waals surface area contributed by atoms with Crippen molar-refractivity contribution in [2.24, 2.45) is 5.73 Å². The smallest absolute Gasteiger partial charge is 0.0972 e. The lowest BCUT2D eigenvalue weighted by Gasteiger charge is -2.00.